The van der Waals surface area contributed by atoms with E-state index < -0.39 is 0 Å². The van der Waals surface area contributed by atoms with Crippen LogP contribution in [-0.4, -0.2) is 24.0 Å². The van der Waals surface area contributed by atoms with Crippen molar-refractivity contribution in [3.8, 4) is 0 Å². The molecule has 4 heteroatoms. The Hall–Kier alpha value is -1.04. The van der Waals surface area contributed by atoms with E-state index >= 15 is 0 Å². The molecule has 0 amide bonds. The van der Waals surface area contributed by atoms with E-state index in [0.29, 0.717) is 0 Å². The average molecular weight is 326 g/mol. The fraction of sp³-hybridized carbons (Fsp3) is 0.250. The maximum absolute atomic E-state index is 5.84. The van der Waals surface area contributed by atoms with Crippen molar-refractivity contribution in [3.63, 3.8) is 0 Å². The molecule has 3 rings (SSSR count). The molecule has 3 nitrogen and oxygen atoms in total. The first kappa shape index (κ1) is 10.1. The molecular formula is C12H11IN2O. The van der Waals surface area contributed by atoms with Gasteiger partial charge < -0.3 is 4.84 Å². The van der Waals surface area contributed by atoms with E-state index in [1.165, 1.54) is 0 Å². The van der Waals surface area contributed by atoms with E-state index in [1.54, 1.807) is 0 Å². The highest BCUT2D eigenvalue weighted by atomic mass is 127. The van der Waals surface area contributed by atoms with Crippen molar-refractivity contribution in [2.24, 2.45) is 4.99 Å². The summed E-state index contributed by atoms with van der Waals surface area (Å²) in [6.07, 6.45) is 1.06. The molecule has 0 atom stereocenters. The van der Waals surface area contributed by atoms with Gasteiger partial charge in [-0.05, 0) is 29.0 Å². The maximum atomic E-state index is 5.84. The third-order valence-corrected chi connectivity index (χ3v) is 3.62. The average Bonchev–Trinajstić information content (AvgIpc) is 2.69. The highest BCUT2D eigenvalue weighted by Gasteiger charge is 2.31. The van der Waals surface area contributed by atoms with Crippen LogP contribution in [0.3, 0.4) is 0 Å². The first-order chi connectivity index (χ1) is 7.86. The number of rotatable bonds is 1. The number of fused-ring (bicyclic) bond motifs is 1. The summed E-state index contributed by atoms with van der Waals surface area (Å²) in [6.45, 7) is 1.84. The Kier molecular flexibility index (Phi) is 2.59. The van der Waals surface area contributed by atoms with Gasteiger partial charge in [0.25, 0.3) is 0 Å². The summed E-state index contributed by atoms with van der Waals surface area (Å²) in [5.41, 5.74) is 1.11. The number of nitrogens with zero attached hydrogens (tertiary/aromatic N) is 2. The molecule has 0 unspecified atom stereocenters. The Morgan fingerprint density at radius 2 is 2.06 bits per heavy atom. The van der Waals surface area contributed by atoms with Gasteiger partial charge in [-0.25, -0.2) is 0 Å². The van der Waals surface area contributed by atoms with Gasteiger partial charge in [0, 0.05) is 12.1 Å². The fourth-order valence-corrected chi connectivity index (χ4v) is 2.72. The van der Waals surface area contributed by atoms with Crippen molar-refractivity contribution in [1.29, 1.82) is 0 Å². The quantitative estimate of drug-likeness (QED) is 0.742. The fourth-order valence-electron chi connectivity index (χ4n) is 1.87. The zero-order valence-electron chi connectivity index (χ0n) is 8.69. The van der Waals surface area contributed by atoms with Crippen molar-refractivity contribution in [2.75, 3.05) is 13.1 Å². The largest absolute Gasteiger partial charge is 0.376 e. The summed E-state index contributed by atoms with van der Waals surface area (Å²) in [7, 11) is 0. The Bertz CT molecular complexity index is 467. The summed E-state index contributed by atoms with van der Waals surface area (Å²) in [6, 6.07) is 10.2. The number of hydrogen-bond acceptors (Lipinski definition) is 3. The molecule has 0 spiro atoms. The monoisotopic (exact) mass is 326 g/mol. The molecule has 82 valence electrons. The standard InChI is InChI=1S/C12H11IN2O/c13-10-11(9-5-2-1-3-6-9)16-15-8-4-7-14-12(10)15/h1-3,5-6H,4,7-8H2. The van der Waals surface area contributed by atoms with Crippen LogP contribution >= 0.6 is 22.6 Å². The summed E-state index contributed by atoms with van der Waals surface area (Å²) >= 11 is 2.31. The summed E-state index contributed by atoms with van der Waals surface area (Å²) in [5, 5.41) is 1.90. The molecule has 0 aliphatic carbocycles. The Balaban J connectivity index is 2.01. The van der Waals surface area contributed by atoms with E-state index in [1.807, 2.05) is 23.3 Å². The molecule has 2 aliphatic rings. The second-order valence-electron chi connectivity index (χ2n) is 3.76. The topological polar surface area (TPSA) is 24.8 Å². The SMILES string of the molecule is IC1=C(c2ccccc2)ON2CCCN=C12. The molecule has 2 aliphatic heterocycles. The van der Waals surface area contributed by atoms with Crippen molar-refractivity contribution in [1.82, 2.24) is 5.06 Å². The van der Waals surface area contributed by atoms with Gasteiger partial charge in [-0.3, -0.25) is 4.99 Å². The van der Waals surface area contributed by atoms with Crippen LogP contribution in [0, 0.1) is 0 Å². The van der Waals surface area contributed by atoms with E-state index in [4.69, 9.17) is 4.84 Å². The van der Waals surface area contributed by atoms with Gasteiger partial charge in [0.1, 0.15) is 3.58 Å². The normalized spacial score (nSPS) is 19.3. The lowest BCUT2D eigenvalue weighted by Crippen LogP contribution is -2.30. The summed E-state index contributed by atoms with van der Waals surface area (Å²) < 4.78 is 1.11. The summed E-state index contributed by atoms with van der Waals surface area (Å²) in [5.74, 6) is 1.92. The first-order valence-corrected chi connectivity index (χ1v) is 6.39. The van der Waals surface area contributed by atoms with Crippen LogP contribution in [0.5, 0.6) is 0 Å². The highest BCUT2D eigenvalue weighted by molar-refractivity contribution is 14.1. The first-order valence-electron chi connectivity index (χ1n) is 5.32. The van der Waals surface area contributed by atoms with E-state index in [0.717, 1.165) is 40.2 Å². The minimum absolute atomic E-state index is 0.907. The van der Waals surface area contributed by atoms with Crippen LogP contribution in [0.15, 0.2) is 38.9 Å². The maximum Gasteiger partial charge on any atom is 0.179 e. The predicted octanol–water partition coefficient (Wildman–Crippen LogP) is 2.84. The molecule has 0 saturated heterocycles. The molecule has 0 bridgehead atoms. The number of amidine groups is 1. The smallest absolute Gasteiger partial charge is 0.179 e. The molecule has 0 aromatic heterocycles. The molecule has 16 heavy (non-hydrogen) atoms. The van der Waals surface area contributed by atoms with Crippen LogP contribution in [0.25, 0.3) is 5.76 Å². The highest BCUT2D eigenvalue weighted by Crippen LogP contribution is 2.34. The van der Waals surface area contributed by atoms with Crippen LogP contribution in [0.1, 0.15) is 12.0 Å². The molecule has 1 aromatic carbocycles. The number of hydroxylamine groups is 2. The lowest BCUT2D eigenvalue weighted by Gasteiger charge is -2.21. The van der Waals surface area contributed by atoms with Gasteiger partial charge in [-0.15, -0.1) is 0 Å². The lowest BCUT2D eigenvalue weighted by molar-refractivity contribution is -0.00703. The third-order valence-electron chi connectivity index (χ3n) is 2.65. The van der Waals surface area contributed by atoms with Crippen molar-refractivity contribution < 1.29 is 4.84 Å². The second-order valence-corrected chi connectivity index (χ2v) is 4.84. The van der Waals surface area contributed by atoms with Gasteiger partial charge in [0.2, 0.25) is 0 Å². The van der Waals surface area contributed by atoms with Gasteiger partial charge in [0.15, 0.2) is 11.6 Å². The van der Waals surface area contributed by atoms with Crippen molar-refractivity contribution >= 4 is 34.2 Å². The van der Waals surface area contributed by atoms with Crippen LogP contribution < -0.4 is 0 Å². The second kappa shape index (κ2) is 4.08. The van der Waals surface area contributed by atoms with Gasteiger partial charge >= 0.3 is 0 Å². The van der Waals surface area contributed by atoms with Gasteiger partial charge in [-0.2, -0.15) is 5.06 Å². The van der Waals surface area contributed by atoms with Crippen LogP contribution in [-0.2, 0) is 4.84 Å². The zero-order valence-corrected chi connectivity index (χ0v) is 10.8. The van der Waals surface area contributed by atoms with E-state index in [2.05, 4.69) is 39.7 Å². The van der Waals surface area contributed by atoms with E-state index in [-0.39, 0.29) is 0 Å². The molecule has 2 heterocycles. The number of halogens is 1. The molecule has 0 radical (unpaired) electrons. The minimum atomic E-state index is 0.907. The van der Waals surface area contributed by atoms with E-state index in [9.17, 15) is 0 Å². The summed E-state index contributed by atoms with van der Waals surface area (Å²) in [4.78, 5) is 10.3. The van der Waals surface area contributed by atoms with Crippen molar-refractivity contribution in [2.45, 2.75) is 6.42 Å². The molecular weight excluding hydrogens is 315 g/mol. The molecule has 0 N–H and O–H groups in total. The lowest BCUT2D eigenvalue weighted by atomic mass is 10.2. The molecule has 1 aromatic rings. The zero-order chi connectivity index (χ0) is 11.0. The van der Waals surface area contributed by atoms with Gasteiger partial charge in [0.05, 0.1) is 6.54 Å². The predicted molar refractivity (Wildman–Crippen MR) is 72.1 cm³/mol. The third kappa shape index (κ3) is 1.61. The Morgan fingerprint density at radius 1 is 1.25 bits per heavy atom. The molecule has 0 fully saturated rings. The molecule has 0 saturated carbocycles. The Morgan fingerprint density at radius 3 is 2.81 bits per heavy atom. The van der Waals surface area contributed by atoms with Crippen LogP contribution in [0.4, 0.5) is 0 Å². The van der Waals surface area contributed by atoms with Crippen LogP contribution in [0.2, 0.25) is 0 Å². The number of aliphatic imine (C=N–C) groups is 1. The number of hydrogen-bond donors (Lipinski definition) is 0. The number of benzene rings is 1. The van der Waals surface area contributed by atoms with Crippen molar-refractivity contribution in [3.05, 3.63) is 39.5 Å². The Labute approximate surface area is 108 Å². The van der Waals surface area contributed by atoms with Gasteiger partial charge in [-0.1, -0.05) is 30.3 Å². The minimum Gasteiger partial charge on any atom is -0.376 e.